The van der Waals surface area contributed by atoms with Crippen molar-refractivity contribution in [3.63, 3.8) is 0 Å². The molecule has 2 saturated heterocycles. The molecule has 0 aromatic heterocycles. The van der Waals surface area contributed by atoms with E-state index in [4.69, 9.17) is 14.2 Å². The minimum atomic E-state index is -0.703. The molecule has 9 nitrogen and oxygen atoms in total. The van der Waals surface area contributed by atoms with Gasteiger partial charge in [0.1, 0.15) is 25.6 Å². The van der Waals surface area contributed by atoms with Crippen molar-refractivity contribution in [2.45, 2.75) is 77.5 Å². The van der Waals surface area contributed by atoms with Crippen LogP contribution < -0.4 is 4.74 Å². The molecule has 2 heterocycles. The van der Waals surface area contributed by atoms with Gasteiger partial charge in [0.25, 0.3) is 5.91 Å². The van der Waals surface area contributed by atoms with E-state index in [1.807, 2.05) is 97.9 Å². The molecule has 3 atom stereocenters. The first-order valence-electron chi connectivity index (χ1n) is 18.8. The summed E-state index contributed by atoms with van der Waals surface area (Å²) in [5, 5.41) is 0. The molecule has 0 bridgehead atoms. The summed E-state index contributed by atoms with van der Waals surface area (Å²) in [5.74, 6) is -0.884. The van der Waals surface area contributed by atoms with E-state index in [-0.39, 0.29) is 38.4 Å². The number of benzene rings is 3. The predicted octanol–water partition coefficient (Wildman–Crippen LogP) is 8.95. The van der Waals surface area contributed by atoms with Crippen LogP contribution >= 0.6 is 0 Å². The van der Waals surface area contributed by atoms with Crippen molar-refractivity contribution in [2.75, 3.05) is 13.2 Å². The number of carbonyl (C=O) groups is 4. The standard InChI is InChI=1S/C45H50N2O7/c1-4-7-16-33(14-5-2)28-39-31-53-44(50)46(39)42(48)37(15-6-3)23-24-38(27-35-21-25-41(26-22-35)52-30-36-19-12-9-13-20-36)43(49)47-40(32-54-45(47)51)29-34-17-10-8-11-18-34/h6-14,16-22,24-26,37,39-40H,3-5,15,23,27-32H2,1-2H3/b16-7?,33-14?,38-24+. The Morgan fingerprint density at radius 3 is 2.09 bits per heavy atom. The molecule has 0 spiro atoms. The summed E-state index contributed by atoms with van der Waals surface area (Å²) in [6.45, 7) is 8.58. The van der Waals surface area contributed by atoms with Gasteiger partial charge in [-0.3, -0.25) is 9.59 Å². The molecule has 5 rings (SSSR count). The van der Waals surface area contributed by atoms with Crippen molar-refractivity contribution in [3.8, 4) is 5.75 Å². The summed E-state index contributed by atoms with van der Waals surface area (Å²) >= 11 is 0. The van der Waals surface area contributed by atoms with Gasteiger partial charge in [0.15, 0.2) is 0 Å². The van der Waals surface area contributed by atoms with E-state index in [0.29, 0.717) is 30.8 Å². The molecular weight excluding hydrogens is 681 g/mol. The normalized spacial score (nSPS) is 18.1. The number of allylic oxidation sites excluding steroid dienone is 5. The Morgan fingerprint density at radius 2 is 1.44 bits per heavy atom. The lowest BCUT2D eigenvalue weighted by Crippen LogP contribution is -2.43. The molecule has 282 valence electrons. The van der Waals surface area contributed by atoms with Crippen LogP contribution in [0.3, 0.4) is 0 Å². The summed E-state index contributed by atoms with van der Waals surface area (Å²) in [6, 6.07) is 26.0. The molecule has 0 saturated carbocycles. The highest BCUT2D eigenvalue weighted by atomic mass is 16.6. The molecule has 0 radical (unpaired) electrons. The van der Waals surface area contributed by atoms with Crippen molar-refractivity contribution in [1.29, 1.82) is 0 Å². The lowest BCUT2D eigenvalue weighted by Gasteiger charge is -2.25. The highest BCUT2D eigenvalue weighted by molar-refractivity contribution is 6.04. The fraction of sp³-hybridized carbons (Fsp3) is 0.333. The third kappa shape index (κ3) is 10.7. The van der Waals surface area contributed by atoms with Gasteiger partial charge in [-0.2, -0.15) is 0 Å². The molecule has 3 unspecified atom stereocenters. The summed E-state index contributed by atoms with van der Waals surface area (Å²) in [4.78, 5) is 57.1. The van der Waals surface area contributed by atoms with Crippen LogP contribution in [0.5, 0.6) is 5.75 Å². The number of amides is 4. The molecule has 2 aliphatic heterocycles. The van der Waals surface area contributed by atoms with Crippen LogP contribution in [-0.2, 0) is 38.5 Å². The van der Waals surface area contributed by atoms with E-state index in [1.54, 1.807) is 12.2 Å². The highest BCUT2D eigenvalue weighted by Crippen LogP contribution is 2.28. The number of hydrogen-bond donors (Lipinski definition) is 0. The van der Waals surface area contributed by atoms with E-state index in [2.05, 4.69) is 25.7 Å². The van der Waals surface area contributed by atoms with Crippen LogP contribution in [0.1, 0.15) is 62.6 Å². The van der Waals surface area contributed by atoms with Crippen LogP contribution in [0.2, 0.25) is 0 Å². The number of cyclic esters (lactones) is 2. The summed E-state index contributed by atoms with van der Waals surface area (Å²) in [6.07, 6.45) is 11.4. The monoisotopic (exact) mass is 730 g/mol. The zero-order valence-corrected chi connectivity index (χ0v) is 31.2. The molecule has 0 N–H and O–H groups in total. The predicted molar refractivity (Wildman–Crippen MR) is 208 cm³/mol. The largest absolute Gasteiger partial charge is 0.489 e. The third-order valence-electron chi connectivity index (χ3n) is 9.49. The molecule has 2 fully saturated rings. The number of carbonyl (C=O) groups excluding carboxylic acids is 4. The quantitative estimate of drug-likeness (QED) is 0.0732. The Bertz CT molecular complexity index is 1830. The first kappa shape index (κ1) is 39.5. The molecule has 0 aliphatic carbocycles. The maximum atomic E-state index is 14.4. The molecule has 3 aromatic rings. The average molecular weight is 731 g/mol. The van der Waals surface area contributed by atoms with E-state index in [1.165, 1.54) is 9.80 Å². The summed E-state index contributed by atoms with van der Waals surface area (Å²) in [5.41, 5.74) is 4.21. The molecule has 9 heteroatoms. The average Bonchev–Trinajstić information content (AvgIpc) is 3.74. The maximum Gasteiger partial charge on any atom is 0.417 e. The van der Waals surface area contributed by atoms with Crippen molar-refractivity contribution in [3.05, 3.63) is 150 Å². The van der Waals surface area contributed by atoms with Crippen molar-refractivity contribution >= 4 is 24.0 Å². The second kappa shape index (κ2) is 19.9. The van der Waals surface area contributed by atoms with E-state index >= 15 is 0 Å². The molecule has 4 amide bonds. The lowest BCUT2D eigenvalue weighted by atomic mass is 9.94. The topological polar surface area (TPSA) is 102 Å². The fourth-order valence-electron chi connectivity index (χ4n) is 6.68. The molecule has 3 aromatic carbocycles. The number of imide groups is 2. The fourth-order valence-corrected chi connectivity index (χ4v) is 6.68. The van der Waals surface area contributed by atoms with Crippen LogP contribution in [0.25, 0.3) is 0 Å². The van der Waals surface area contributed by atoms with Crippen molar-refractivity contribution in [1.82, 2.24) is 9.80 Å². The van der Waals surface area contributed by atoms with Gasteiger partial charge in [-0.25, -0.2) is 19.4 Å². The maximum absolute atomic E-state index is 14.4. The highest BCUT2D eigenvalue weighted by Gasteiger charge is 2.41. The number of nitrogens with zero attached hydrogens (tertiary/aromatic N) is 2. The van der Waals surface area contributed by atoms with E-state index in [9.17, 15) is 19.2 Å². The smallest absolute Gasteiger partial charge is 0.417 e. The second-order valence-corrected chi connectivity index (χ2v) is 13.5. The van der Waals surface area contributed by atoms with Gasteiger partial charge >= 0.3 is 12.2 Å². The molecule has 2 aliphatic rings. The zero-order valence-electron chi connectivity index (χ0n) is 31.2. The minimum Gasteiger partial charge on any atom is -0.489 e. The Balaban J connectivity index is 1.39. The van der Waals surface area contributed by atoms with Crippen molar-refractivity contribution < 1.29 is 33.4 Å². The third-order valence-corrected chi connectivity index (χ3v) is 9.49. The lowest BCUT2D eigenvalue weighted by molar-refractivity contribution is -0.133. The van der Waals surface area contributed by atoms with Gasteiger partial charge in [0, 0.05) is 17.9 Å². The van der Waals surface area contributed by atoms with Gasteiger partial charge in [-0.1, -0.05) is 123 Å². The van der Waals surface area contributed by atoms with E-state index in [0.717, 1.165) is 35.1 Å². The van der Waals surface area contributed by atoms with Crippen molar-refractivity contribution in [2.24, 2.45) is 5.92 Å². The van der Waals surface area contributed by atoms with Gasteiger partial charge in [0.05, 0.1) is 12.1 Å². The van der Waals surface area contributed by atoms with Crippen LogP contribution in [0.4, 0.5) is 9.59 Å². The summed E-state index contributed by atoms with van der Waals surface area (Å²) < 4.78 is 16.8. The SMILES string of the molecule is C=CCC(C/C=C(\Cc1ccc(OCc2ccccc2)cc1)C(=O)N1C(=O)OCC1Cc1ccccc1)C(=O)N1C(=O)OCC1CC(C=CCC)=CCC. The molecule has 54 heavy (non-hydrogen) atoms. The number of ether oxygens (including phenoxy) is 3. The Labute approximate surface area is 318 Å². The van der Waals surface area contributed by atoms with Crippen LogP contribution in [0, 0.1) is 5.92 Å². The first-order chi connectivity index (χ1) is 26.3. The zero-order chi connectivity index (χ0) is 38.3. The Kier molecular flexibility index (Phi) is 14.6. The Morgan fingerprint density at radius 1 is 0.796 bits per heavy atom. The molecular formula is C45H50N2O7. The minimum absolute atomic E-state index is 0.0815. The number of rotatable bonds is 18. The van der Waals surface area contributed by atoms with Gasteiger partial charge in [-0.05, 0) is 67.3 Å². The number of hydrogen-bond acceptors (Lipinski definition) is 7. The van der Waals surface area contributed by atoms with Gasteiger partial charge in [0.2, 0.25) is 5.91 Å². The summed E-state index contributed by atoms with van der Waals surface area (Å²) in [7, 11) is 0. The second-order valence-electron chi connectivity index (χ2n) is 13.5. The first-order valence-corrected chi connectivity index (χ1v) is 18.8. The van der Waals surface area contributed by atoms with E-state index < -0.39 is 36.1 Å². The van der Waals surface area contributed by atoms with Gasteiger partial charge < -0.3 is 14.2 Å². The van der Waals surface area contributed by atoms with Crippen LogP contribution in [0.15, 0.2) is 133 Å². The van der Waals surface area contributed by atoms with Gasteiger partial charge in [-0.15, -0.1) is 6.58 Å². The van der Waals surface area contributed by atoms with Crippen LogP contribution in [-0.4, -0.2) is 59.1 Å². The Hall–Kier alpha value is -5.70.